The van der Waals surface area contributed by atoms with E-state index in [1.165, 1.54) is 6.07 Å². The summed E-state index contributed by atoms with van der Waals surface area (Å²) >= 11 is 3.15. The molecule has 0 spiro atoms. The molecular weight excluding hydrogens is 241 g/mol. The first-order chi connectivity index (χ1) is 6.16. The van der Waals surface area contributed by atoms with E-state index in [0.29, 0.717) is 17.3 Å². The Hall–Kier alpha value is -0.970. The van der Waals surface area contributed by atoms with Gasteiger partial charge >= 0.3 is 5.69 Å². The molecule has 70 valence electrons. The zero-order chi connectivity index (χ0) is 9.84. The smallest absolute Gasteiger partial charge is 0.258 e. The highest BCUT2D eigenvalue weighted by Crippen LogP contribution is 2.20. The van der Waals surface area contributed by atoms with Crippen molar-refractivity contribution in [2.75, 3.05) is 5.33 Å². The van der Waals surface area contributed by atoms with Gasteiger partial charge in [0.1, 0.15) is 0 Å². The van der Waals surface area contributed by atoms with E-state index in [4.69, 9.17) is 0 Å². The summed E-state index contributed by atoms with van der Waals surface area (Å²) < 4.78 is 13.2. The topological polar surface area (TPSA) is 43.1 Å². The van der Waals surface area contributed by atoms with Crippen molar-refractivity contribution in [1.29, 1.82) is 0 Å². The van der Waals surface area contributed by atoms with Crippen LogP contribution >= 0.6 is 15.9 Å². The van der Waals surface area contributed by atoms with E-state index in [9.17, 15) is 14.5 Å². The first-order valence-electron chi connectivity index (χ1n) is 3.64. The van der Waals surface area contributed by atoms with Gasteiger partial charge in [-0.25, -0.2) is 0 Å². The van der Waals surface area contributed by atoms with Crippen LogP contribution in [0, 0.1) is 15.9 Å². The lowest BCUT2D eigenvalue weighted by molar-refractivity contribution is -0.387. The van der Waals surface area contributed by atoms with E-state index in [1.54, 1.807) is 6.07 Å². The third-order valence-corrected chi connectivity index (χ3v) is 2.02. The fraction of sp³-hybridized carbons (Fsp3) is 0.250. The van der Waals surface area contributed by atoms with E-state index < -0.39 is 16.4 Å². The quantitative estimate of drug-likeness (QED) is 0.468. The van der Waals surface area contributed by atoms with E-state index >= 15 is 0 Å². The van der Waals surface area contributed by atoms with Crippen molar-refractivity contribution in [3.63, 3.8) is 0 Å². The highest BCUT2D eigenvalue weighted by atomic mass is 79.9. The van der Waals surface area contributed by atoms with Crippen LogP contribution in [0.15, 0.2) is 18.2 Å². The molecule has 0 heterocycles. The molecule has 1 aromatic carbocycles. The molecule has 3 nitrogen and oxygen atoms in total. The van der Waals surface area contributed by atoms with Crippen molar-refractivity contribution in [3.05, 3.63) is 39.7 Å². The lowest BCUT2D eigenvalue weighted by Gasteiger charge is -1.99. The average Bonchev–Trinajstić information content (AvgIpc) is 2.08. The molecule has 0 fully saturated rings. The SMILES string of the molecule is O=[N+]([O-])c1cccc(CCBr)c1F. The van der Waals surface area contributed by atoms with Gasteiger partial charge in [0.25, 0.3) is 0 Å². The van der Waals surface area contributed by atoms with Crippen molar-refractivity contribution in [2.45, 2.75) is 6.42 Å². The predicted molar refractivity (Wildman–Crippen MR) is 50.6 cm³/mol. The van der Waals surface area contributed by atoms with Crippen LogP contribution < -0.4 is 0 Å². The highest BCUT2D eigenvalue weighted by Gasteiger charge is 2.16. The summed E-state index contributed by atoms with van der Waals surface area (Å²) in [5.41, 5.74) is -0.0930. The second kappa shape index (κ2) is 4.32. The average molecular weight is 248 g/mol. The summed E-state index contributed by atoms with van der Waals surface area (Å²) in [6.45, 7) is 0. The van der Waals surface area contributed by atoms with Crippen molar-refractivity contribution in [3.8, 4) is 0 Å². The van der Waals surface area contributed by atoms with Gasteiger partial charge in [-0.2, -0.15) is 4.39 Å². The van der Waals surface area contributed by atoms with Crippen LogP contribution in [0.25, 0.3) is 0 Å². The zero-order valence-electron chi connectivity index (χ0n) is 6.67. The fourth-order valence-corrected chi connectivity index (χ4v) is 1.43. The number of benzene rings is 1. The first-order valence-corrected chi connectivity index (χ1v) is 4.76. The Morgan fingerprint density at radius 1 is 1.54 bits per heavy atom. The maximum Gasteiger partial charge on any atom is 0.305 e. The first kappa shape index (κ1) is 10.1. The Bertz CT molecular complexity index is 330. The minimum Gasteiger partial charge on any atom is -0.258 e. The number of hydrogen-bond acceptors (Lipinski definition) is 2. The molecule has 13 heavy (non-hydrogen) atoms. The molecule has 0 unspecified atom stereocenters. The number of nitrogens with zero attached hydrogens (tertiary/aromatic N) is 1. The number of halogens is 2. The van der Waals surface area contributed by atoms with Crippen molar-refractivity contribution in [1.82, 2.24) is 0 Å². The Labute approximate surface area is 82.8 Å². The maximum absolute atomic E-state index is 13.2. The molecule has 0 bridgehead atoms. The Morgan fingerprint density at radius 3 is 2.77 bits per heavy atom. The van der Waals surface area contributed by atoms with E-state index in [1.807, 2.05) is 0 Å². The normalized spacial score (nSPS) is 10.0. The van der Waals surface area contributed by atoms with Gasteiger partial charge in [0.2, 0.25) is 5.82 Å². The molecule has 1 rings (SSSR count). The number of hydrogen-bond donors (Lipinski definition) is 0. The molecule has 0 N–H and O–H groups in total. The molecule has 0 atom stereocenters. The molecular formula is C8H7BrFNO2. The number of nitro benzene ring substituents is 1. The zero-order valence-corrected chi connectivity index (χ0v) is 8.25. The van der Waals surface area contributed by atoms with Gasteiger partial charge in [0.15, 0.2) is 0 Å². The summed E-state index contributed by atoms with van der Waals surface area (Å²) in [4.78, 5) is 9.62. The summed E-state index contributed by atoms with van der Waals surface area (Å²) in [5.74, 6) is -0.730. The summed E-state index contributed by atoms with van der Waals surface area (Å²) in [6, 6.07) is 4.19. The third kappa shape index (κ3) is 2.24. The number of rotatable bonds is 3. The van der Waals surface area contributed by atoms with E-state index in [-0.39, 0.29) is 0 Å². The van der Waals surface area contributed by atoms with Crippen molar-refractivity contribution >= 4 is 21.6 Å². The van der Waals surface area contributed by atoms with Crippen LogP contribution in [0.3, 0.4) is 0 Å². The van der Waals surface area contributed by atoms with Gasteiger partial charge in [-0.05, 0) is 12.0 Å². The second-order valence-electron chi connectivity index (χ2n) is 2.45. The largest absolute Gasteiger partial charge is 0.305 e. The Morgan fingerprint density at radius 2 is 2.23 bits per heavy atom. The standard InChI is InChI=1S/C8H7BrFNO2/c9-5-4-6-2-1-3-7(8(6)10)11(12)13/h1-3H,4-5H2. The molecule has 0 aromatic heterocycles. The molecule has 0 aliphatic rings. The van der Waals surface area contributed by atoms with E-state index in [0.717, 1.165) is 6.07 Å². The van der Waals surface area contributed by atoms with Crippen LogP contribution in [0.4, 0.5) is 10.1 Å². The fourth-order valence-electron chi connectivity index (χ4n) is 1.00. The monoisotopic (exact) mass is 247 g/mol. The molecule has 0 radical (unpaired) electrons. The lowest BCUT2D eigenvalue weighted by atomic mass is 10.1. The molecule has 0 saturated heterocycles. The Balaban J connectivity index is 3.10. The number of nitro groups is 1. The van der Waals surface area contributed by atoms with Crippen LogP contribution in [-0.2, 0) is 6.42 Å². The number of aryl methyl sites for hydroxylation is 1. The minimum absolute atomic E-state index is 0.367. The van der Waals surface area contributed by atoms with Gasteiger partial charge in [0.05, 0.1) is 4.92 Å². The Kier molecular flexibility index (Phi) is 3.36. The molecule has 0 amide bonds. The van der Waals surface area contributed by atoms with Gasteiger partial charge in [-0.15, -0.1) is 0 Å². The van der Waals surface area contributed by atoms with Gasteiger partial charge in [0, 0.05) is 11.4 Å². The number of alkyl halides is 1. The van der Waals surface area contributed by atoms with Gasteiger partial charge in [-0.1, -0.05) is 28.1 Å². The lowest BCUT2D eigenvalue weighted by Crippen LogP contribution is -1.97. The molecule has 5 heteroatoms. The van der Waals surface area contributed by atoms with E-state index in [2.05, 4.69) is 15.9 Å². The molecule has 0 aliphatic heterocycles. The summed E-state index contributed by atoms with van der Waals surface area (Å²) in [6.07, 6.45) is 0.452. The van der Waals surface area contributed by atoms with Crippen molar-refractivity contribution in [2.24, 2.45) is 0 Å². The van der Waals surface area contributed by atoms with Crippen LogP contribution in [0.5, 0.6) is 0 Å². The highest BCUT2D eigenvalue weighted by molar-refractivity contribution is 9.09. The van der Waals surface area contributed by atoms with Crippen LogP contribution in [0.1, 0.15) is 5.56 Å². The van der Waals surface area contributed by atoms with Gasteiger partial charge < -0.3 is 0 Å². The van der Waals surface area contributed by atoms with Gasteiger partial charge in [-0.3, -0.25) is 10.1 Å². The maximum atomic E-state index is 13.2. The second-order valence-corrected chi connectivity index (χ2v) is 3.24. The summed E-state index contributed by atoms with van der Waals surface area (Å²) in [7, 11) is 0. The van der Waals surface area contributed by atoms with Crippen LogP contribution in [0.2, 0.25) is 0 Å². The van der Waals surface area contributed by atoms with Crippen LogP contribution in [-0.4, -0.2) is 10.3 Å². The summed E-state index contributed by atoms with van der Waals surface area (Å²) in [5, 5.41) is 10.9. The molecule has 0 saturated carbocycles. The van der Waals surface area contributed by atoms with Crippen molar-refractivity contribution < 1.29 is 9.31 Å². The third-order valence-electron chi connectivity index (χ3n) is 1.62. The molecule has 0 aliphatic carbocycles. The predicted octanol–water partition coefficient (Wildman–Crippen LogP) is 2.67. The minimum atomic E-state index is -0.730. The molecule has 1 aromatic rings.